The summed E-state index contributed by atoms with van der Waals surface area (Å²) in [4.78, 5) is 12.7. The molecule has 142 valence electrons. The SMILES string of the molecule is Cc1ccc(F)c2c1NC(C(=O)Nc1cccc(-c3ccc(CO)cc3)c1)C2. The van der Waals surface area contributed by atoms with Crippen LogP contribution in [0, 0.1) is 12.7 Å². The summed E-state index contributed by atoms with van der Waals surface area (Å²) in [7, 11) is 0. The second-order valence-electron chi connectivity index (χ2n) is 7.04. The largest absolute Gasteiger partial charge is 0.392 e. The molecule has 1 atom stereocenters. The maximum atomic E-state index is 14.0. The molecule has 3 aromatic carbocycles. The van der Waals surface area contributed by atoms with Crippen LogP contribution in [0.3, 0.4) is 0 Å². The number of nitrogens with one attached hydrogen (secondary N) is 2. The van der Waals surface area contributed by atoms with Crippen LogP contribution in [0.25, 0.3) is 11.1 Å². The first-order valence-electron chi connectivity index (χ1n) is 9.21. The lowest BCUT2D eigenvalue weighted by molar-refractivity contribution is -0.116. The zero-order valence-corrected chi connectivity index (χ0v) is 15.5. The smallest absolute Gasteiger partial charge is 0.247 e. The molecule has 3 N–H and O–H groups in total. The van der Waals surface area contributed by atoms with E-state index in [9.17, 15) is 9.18 Å². The summed E-state index contributed by atoms with van der Waals surface area (Å²) in [5.74, 6) is -0.473. The Morgan fingerprint density at radius 2 is 1.93 bits per heavy atom. The summed E-state index contributed by atoms with van der Waals surface area (Å²) in [5.41, 5.74) is 5.71. The van der Waals surface area contributed by atoms with Gasteiger partial charge in [0.25, 0.3) is 0 Å². The second kappa shape index (κ2) is 7.44. The molecule has 3 aromatic rings. The Labute approximate surface area is 163 Å². The molecule has 1 aliphatic heterocycles. The predicted octanol–water partition coefficient (Wildman–Crippen LogP) is 4.27. The van der Waals surface area contributed by atoms with Crippen molar-refractivity contribution in [3.05, 3.63) is 83.2 Å². The Morgan fingerprint density at radius 3 is 2.64 bits per heavy atom. The van der Waals surface area contributed by atoms with E-state index in [0.29, 0.717) is 17.7 Å². The monoisotopic (exact) mass is 376 g/mol. The number of benzene rings is 3. The fourth-order valence-corrected chi connectivity index (χ4v) is 3.54. The van der Waals surface area contributed by atoms with E-state index in [1.54, 1.807) is 6.07 Å². The third-order valence-corrected chi connectivity index (χ3v) is 5.11. The molecule has 1 amide bonds. The first kappa shape index (κ1) is 18.2. The molecule has 0 radical (unpaired) electrons. The predicted molar refractivity (Wildman–Crippen MR) is 109 cm³/mol. The molecule has 0 saturated heterocycles. The van der Waals surface area contributed by atoms with Gasteiger partial charge in [-0.1, -0.05) is 42.5 Å². The summed E-state index contributed by atoms with van der Waals surface area (Å²) in [6, 6.07) is 17.9. The minimum atomic E-state index is -0.502. The van der Waals surface area contributed by atoms with Crippen LogP contribution < -0.4 is 10.6 Å². The van der Waals surface area contributed by atoms with E-state index < -0.39 is 6.04 Å². The molecule has 1 heterocycles. The van der Waals surface area contributed by atoms with Gasteiger partial charge in [-0.15, -0.1) is 0 Å². The quantitative estimate of drug-likeness (QED) is 0.637. The van der Waals surface area contributed by atoms with E-state index in [0.717, 1.165) is 27.9 Å². The lowest BCUT2D eigenvalue weighted by Gasteiger charge is -2.13. The van der Waals surface area contributed by atoms with Gasteiger partial charge >= 0.3 is 0 Å². The second-order valence-corrected chi connectivity index (χ2v) is 7.04. The van der Waals surface area contributed by atoms with Gasteiger partial charge < -0.3 is 15.7 Å². The van der Waals surface area contributed by atoms with Crippen molar-refractivity contribution in [2.24, 2.45) is 0 Å². The molecule has 1 unspecified atom stereocenters. The van der Waals surface area contributed by atoms with E-state index in [1.807, 2.05) is 55.5 Å². The number of rotatable bonds is 4. The Bertz CT molecular complexity index is 1000. The normalized spacial score (nSPS) is 15.0. The minimum absolute atomic E-state index is 0.00717. The molecule has 0 spiro atoms. The summed E-state index contributed by atoms with van der Waals surface area (Å²) in [5, 5.41) is 15.2. The van der Waals surface area contributed by atoms with Crippen LogP contribution in [0.15, 0.2) is 60.7 Å². The van der Waals surface area contributed by atoms with Gasteiger partial charge in [-0.25, -0.2) is 4.39 Å². The Balaban J connectivity index is 1.50. The highest BCUT2D eigenvalue weighted by Crippen LogP contribution is 2.32. The molecule has 1 aliphatic rings. The van der Waals surface area contributed by atoms with Gasteiger partial charge in [0.05, 0.1) is 6.61 Å². The highest BCUT2D eigenvalue weighted by Gasteiger charge is 2.30. The molecule has 4 nitrogen and oxygen atoms in total. The van der Waals surface area contributed by atoms with Crippen molar-refractivity contribution in [2.45, 2.75) is 26.0 Å². The molecule has 4 rings (SSSR count). The summed E-state index contributed by atoms with van der Waals surface area (Å²) in [6.45, 7) is 1.91. The number of carbonyl (C=O) groups excluding carboxylic acids is 1. The average Bonchev–Trinajstić information content (AvgIpc) is 3.18. The van der Waals surface area contributed by atoms with E-state index in [4.69, 9.17) is 5.11 Å². The summed E-state index contributed by atoms with van der Waals surface area (Å²) >= 11 is 0. The van der Waals surface area contributed by atoms with E-state index >= 15 is 0 Å². The number of aryl methyl sites for hydroxylation is 1. The first-order valence-corrected chi connectivity index (χ1v) is 9.21. The lowest BCUT2D eigenvalue weighted by atomic mass is 10.0. The molecule has 0 aliphatic carbocycles. The zero-order chi connectivity index (χ0) is 19.7. The lowest BCUT2D eigenvalue weighted by Crippen LogP contribution is -2.32. The molecule has 28 heavy (non-hydrogen) atoms. The number of halogens is 1. The number of carbonyl (C=O) groups is 1. The van der Waals surface area contributed by atoms with Crippen LogP contribution in [0.5, 0.6) is 0 Å². The van der Waals surface area contributed by atoms with Gasteiger partial charge in [0.2, 0.25) is 5.91 Å². The van der Waals surface area contributed by atoms with E-state index in [1.165, 1.54) is 6.07 Å². The van der Waals surface area contributed by atoms with Crippen LogP contribution in [0.2, 0.25) is 0 Å². The minimum Gasteiger partial charge on any atom is -0.392 e. The Morgan fingerprint density at radius 1 is 1.14 bits per heavy atom. The summed E-state index contributed by atoms with van der Waals surface area (Å²) < 4.78 is 14.0. The first-order chi connectivity index (χ1) is 13.5. The highest BCUT2D eigenvalue weighted by atomic mass is 19.1. The fraction of sp³-hybridized carbons (Fsp3) is 0.174. The molecular formula is C23H21FN2O2. The third kappa shape index (κ3) is 3.49. The van der Waals surface area contributed by atoms with Crippen LogP contribution in [-0.4, -0.2) is 17.1 Å². The third-order valence-electron chi connectivity index (χ3n) is 5.11. The Kier molecular flexibility index (Phi) is 4.84. The van der Waals surface area contributed by atoms with Gasteiger partial charge in [-0.2, -0.15) is 0 Å². The van der Waals surface area contributed by atoms with Crippen molar-refractivity contribution >= 4 is 17.3 Å². The zero-order valence-electron chi connectivity index (χ0n) is 15.5. The highest BCUT2D eigenvalue weighted by molar-refractivity contribution is 5.98. The molecule has 5 heteroatoms. The van der Waals surface area contributed by atoms with Gasteiger partial charge in [0.15, 0.2) is 0 Å². The number of amides is 1. The number of hydrogen-bond donors (Lipinski definition) is 3. The molecular weight excluding hydrogens is 355 g/mol. The molecule has 0 fully saturated rings. The maximum absolute atomic E-state index is 14.0. The number of hydrogen-bond acceptors (Lipinski definition) is 3. The Hall–Kier alpha value is -3.18. The van der Waals surface area contributed by atoms with Crippen molar-refractivity contribution in [2.75, 3.05) is 10.6 Å². The standard InChI is InChI=1S/C23H21FN2O2/c1-14-5-10-20(24)19-12-21(26-22(14)19)23(28)25-18-4-2-3-17(11-18)16-8-6-15(13-27)7-9-16/h2-11,21,26-27H,12-13H2,1H3,(H,25,28). The van der Waals surface area contributed by atoms with Crippen molar-refractivity contribution < 1.29 is 14.3 Å². The van der Waals surface area contributed by atoms with E-state index in [-0.39, 0.29) is 18.3 Å². The van der Waals surface area contributed by atoms with Crippen molar-refractivity contribution in [1.82, 2.24) is 0 Å². The van der Waals surface area contributed by atoms with Gasteiger partial charge in [0.1, 0.15) is 11.9 Å². The molecule has 0 bridgehead atoms. The number of aliphatic hydroxyl groups is 1. The van der Waals surface area contributed by atoms with Gasteiger partial charge in [-0.3, -0.25) is 4.79 Å². The van der Waals surface area contributed by atoms with Crippen molar-refractivity contribution in [1.29, 1.82) is 0 Å². The molecule has 0 aromatic heterocycles. The topological polar surface area (TPSA) is 61.4 Å². The van der Waals surface area contributed by atoms with Crippen LogP contribution >= 0.6 is 0 Å². The number of aliphatic hydroxyl groups excluding tert-OH is 1. The van der Waals surface area contributed by atoms with Crippen LogP contribution in [0.4, 0.5) is 15.8 Å². The molecule has 0 saturated carbocycles. The van der Waals surface area contributed by atoms with Crippen LogP contribution in [-0.2, 0) is 17.8 Å². The fourth-order valence-electron chi connectivity index (χ4n) is 3.54. The van der Waals surface area contributed by atoms with Crippen molar-refractivity contribution in [3.63, 3.8) is 0 Å². The number of fused-ring (bicyclic) bond motifs is 1. The average molecular weight is 376 g/mol. The number of anilines is 2. The van der Waals surface area contributed by atoms with Gasteiger partial charge in [0, 0.05) is 23.4 Å². The van der Waals surface area contributed by atoms with Crippen LogP contribution in [0.1, 0.15) is 16.7 Å². The van der Waals surface area contributed by atoms with E-state index in [2.05, 4.69) is 10.6 Å². The maximum Gasteiger partial charge on any atom is 0.247 e. The summed E-state index contributed by atoms with van der Waals surface area (Å²) in [6.07, 6.45) is 0.330. The van der Waals surface area contributed by atoms with Gasteiger partial charge in [-0.05, 0) is 47.4 Å². The van der Waals surface area contributed by atoms with Crippen molar-refractivity contribution in [3.8, 4) is 11.1 Å².